The third-order valence-corrected chi connectivity index (χ3v) is 6.13. The van der Waals surface area contributed by atoms with E-state index in [4.69, 9.17) is 0 Å². The first-order valence-corrected chi connectivity index (χ1v) is 8.60. The fourth-order valence-corrected chi connectivity index (χ4v) is 4.78. The van der Waals surface area contributed by atoms with Gasteiger partial charge in [0.2, 0.25) is 0 Å². The second kappa shape index (κ2) is 5.94. The molecule has 0 radical (unpaired) electrons. The summed E-state index contributed by atoms with van der Waals surface area (Å²) < 4.78 is 0. The molecule has 3 fully saturated rings. The van der Waals surface area contributed by atoms with Crippen molar-refractivity contribution in [2.24, 2.45) is 11.3 Å². The summed E-state index contributed by atoms with van der Waals surface area (Å²) in [6, 6.07) is 0.859. The highest BCUT2D eigenvalue weighted by Gasteiger charge is 2.37. The van der Waals surface area contributed by atoms with Crippen LogP contribution in [0.2, 0.25) is 0 Å². The Balaban J connectivity index is 1.37. The molecule has 0 aromatic heterocycles. The van der Waals surface area contributed by atoms with Crippen molar-refractivity contribution < 1.29 is 0 Å². The maximum atomic E-state index is 3.90. The molecular weight excluding hydrogens is 218 g/mol. The molecule has 3 rings (SSSR count). The highest BCUT2D eigenvalue weighted by Crippen LogP contribution is 2.48. The second-order valence-corrected chi connectivity index (χ2v) is 7.39. The maximum absolute atomic E-state index is 3.90. The predicted octanol–water partition coefficient (Wildman–Crippen LogP) is 4.66. The van der Waals surface area contributed by atoms with Crippen LogP contribution in [0.25, 0.3) is 0 Å². The van der Waals surface area contributed by atoms with Crippen LogP contribution in [-0.4, -0.2) is 12.6 Å². The van der Waals surface area contributed by atoms with Crippen LogP contribution in [0.15, 0.2) is 0 Å². The normalized spacial score (nSPS) is 30.0. The molecule has 0 heterocycles. The van der Waals surface area contributed by atoms with Crippen LogP contribution in [-0.2, 0) is 0 Å². The predicted molar refractivity (Wildman–Crippen MR) is 77.7 cm³/mol. The zero-order valence-electron chi connectivity index (χ0n) is 12.1. The molecule has 0 atom stereocenters. The van der Waals surface area contributed by atoms with E-state index in [1.54, 1.807) is 12.8 Å². The van der Waals surface area contributed by atoms with Crippen LogP contribution in [0.1, 0.15) is 83.5 Å². The molecule has 0 amide bonds. The van der Waals surface area contributed by atoms with Gasteiger partial charge < -0.3 is 5.32 Å². The van der Waals surface area contributed by atoms with Crippen molar-refractivity contribution in [3.8, 4) is 0 Å². The number of hydrogen-bond donors (Lipinski definition) is 1. The SMILES string of the molecule is C1CCC(CNC2CCC3(CCCC3)CC2)CC1. The average Bonchev–Trinajstić information content (AvgIpc) is 2.88. The van der Waals surface area contributed by atoms with Gasteiger partial charge in [-0.05, 0) is 69.2 Å². The standard InChI is InChI=1S/C17H31N/c1-2-6-15(7-3-1)14-18-16-8-12-17(13-9-16)10-4-5-11-17/h15-16,18H,1-14H2. The Labute approximate surface area is 113 Å². The van der Waals surface area contributed by atoms with Gasteiger partial charge in [0.15, 0.2) is 0 Å². The summed E-state index contributed by atoms with van der Waals surface area (Å²) in [5, 5.41) is 3.90. The van der Waals surface area contributed by atoms with E-state index < -0.39 is 0 Å². The van der Waals surface area contributed by atoms with Gasteiger partial charge in [0.25, 0.3) is 0 Å². The number of nitrogens with one attached hydrogen (secondary N) is 1. The van der Waals surface area contributed by atoms with Crippen LogP contribution in [0.4, 0.5) is 0 Å². The minimum Gasteiger partial charge on any atom is -0.314 e. The Morgan fingerprint density at radius 3 is 2.06 bits per heavy atom. The molecule has 3 aliphatic carbocycles. The van der Waals surface area contributed by atoms with E-state index in [1.165, 1.54) is 77.2 Å². The van der Waals surface area contributed by atoms with E-state index in [-0.39, 0.29) is 0 Å². The molecule has 3 aliphatic rings. The Kier molecular flexibility index (Phi) is 4.28. The van der Waals surface area contributed by atoms with Gasteiger partial charge in [-0.1, -0.05) is 32.1 Å². The molecule has 0 aromatic carbocycles. The van der Waals surface area contributed by atoms with E-state index >= 15 is 0 Å². The van der Waals surface area contributed by atoms with Crippen LogP contribution in [0.5, 0.6) is 0 Å². The molecule has 0 aromatic rings. The molecule has 0 aliphatic heterocycles. The summed E-state index contributed by atoms with van der Waals surface area (Å²) in [5.74, 6) is 1.00. The van der Waals surface area contributed by atoms with Crippen molar-refractivity contribution >= 4 is 0 Å². The average molecular weight is 249 g/mol. The first kappa shape index (κ1) is 13.0. The van der Waals surface area contributed by atoms with Crippen molar-refractivity contribution in [2.45, 2.75) is 89.5 Å². The van der Waals surface area contributed by atoms with Crippen LogP contribution in [0, 0.1) is 11.3 Å². The second-order valence-electron chi connectivity index (χ2n) is 7.39. The zero-order valence-corrected chi connectivity index (χ0v) is 12.1. The third-order valence-electron chi connectivity index (χ3n) is 6.13. The first-order valence-electron chi connectivity index (χ1n) is 8.60. The zero-order chi connectivity index (χ0) is 12.3. The monoisotopic (exact) mass is 249 g/mol. The summed E-state index contributed by atoms with van der Waals surface area (Å²) in [4.78, 5) is 0. The molecule has 0 unspecified atom stereocenters. The van der Waals surface area contributed by atoms with Crippen molar-refractivity contribution in [1.29, 1.82) is 0 Å². The van der Waals surface area contributed by atoms with Gasteiger partial charge in [-0.2, -0.15) is 0 Å². The molecule has 1 nitrogen and oxygen atoms in total. The van der Waals surface area contributed by atoms with Crippen molar-refractivity contribution in [3.63, 3.8) is 0 Å². The summed E-state index contributed by atoms with van der Waals surface area (Å²) in [5.41, 5.74) is 0.809. The Morgan fingerprint density at radius 1 is 0.722 bits per heavy atom. The third kappa shape index (κ3) is 3.10. The lowest BCUT2D eigenvalue weighted by molar-refractivity contribution is 0.164. The topological polar surface area (TPSA) is 12.0 Å². The highest BCUT2D eigenvalue weighted by atomic mass is 14.9. The summed E-state index contributed by atoms with van der Waals surface area (Å²) in [7, 11) is 0. The van der Waals surface area contributed by atoms with Crippen LogP contribution < -0.4 is 5.32 Å². The van der Waals surface area contributed by atoms with E-state index in [0.717, 1.165) is 17.4 Å². The van der Waals surface area contributed by atoms with Gasteiger partial charge in [0.1, 0.15) is 0 Å². The quantitative estimate of drug-likeness (QED) is 0.767. The molecule has 1 spiro atoms. The van der Waals surface area contributed by atoms with E-state index in [1.807, 2.05) is 0 Å². The van der Waals surface area contributed by atoms with Gasteiger partial charge in [-0.25, -0.2) is 0 Å². The van der Waals surface area contributed by atoms with Crippen molar-refractivity contribution in [1.82, 2.24) is 5.32 Å². The lowest BCUT2D eigenvalue weighted by atomic mass is 9.71. The number of hydrogen-bond acceptors (Lipinski definition) is 1. The summed E-state index contributed by atoms with van der Waals surface area (Å²) in [6.07, 6.45) is 19.5. The van der Waals surface area contributed by atoms with Crippen LogP contribution >= 0.6 is 0 Å². The van der Waals surface area contributed by atoms with E-state index in [2.05, 4.69) is 5.32 Å². The van der Waals surface area contributed by atoms with Gasteiger partial charge >= 0.3 is 0 Å². The lowest BCUT2D eigenvalue weighted by Crippen LogP contribution is -2.39. The Morgan fingerprint density at radius 2 is 1.39 bits per heavy atom. The lowest BCUT2D eigenvalue weighted by Gasteiger charge is -2.38. The Bertz CT molecular complexity index is 238. The van der Waals surface area contributed by atoms with Gasteiger partial charge in [0.05, 0.1) is 0 Å². The number of rotatable bonds is 3. The molecule has 3 saturated carbocycles. The van der Waals surface area contributed by atoms with Gasteiger partial charge in [-0.3, -0.25) is 0 Å². The minimum absolute atomic E-state index is 0.809. The molecule has 0 saturated heterocycles. The molecule has 104 valence electrons. The first-order chi connectivity index (χ1) is 8.86. The largest absolute Gasteiger partial charge is 0.314 e. The molecule has 1 N–H and O–H groups in total. The highest BCUT2D eigenvalue weighted by molar-refractivity contribution is 4.91. The smallest absolute Gasteiger partial charge is 0.00675 e. The molecular formula is C17H31N. The Hall–Kier alpha value is -0.0400. The van der Waals surface area contributed by atoms with Crippen molar-refractivity contribution in [3.05, 3.63) is 0 Å². The molecule has 0 bridgehead atoms. The molecule has 18 heavy (non-hydrogen) atoms. The van der Waals surface area contributed by atoms with E-state index in [9.17, 15) is 0 Å². The van der Waals surface area contributed by atoms with E-state index in [0.29, 0.717) is 0 Å². The van der Waals surface area contributed by atoms with Gasteiger partial charge in [-0.15, -0.1) is 0 Å². The molecule has 1 heteroatoms. The summed E-state index contributed by atoms with van der Waals surface area (Å²) in [6.45, 7) is 1.32. The van der Waals surface area contributed by atoms with Crippen LogP contribution in [0.3, 0.4) is 0 Å². The maximum Gasteiger partial charge on any atom is 0.00675 e. The summed E-state index contributed by atoms with van der Waals surface area (Å²) >= 11 is 0. The minimum atomic E-state index is 0.809. The van der Waals surface area contributed by atoms with Gasteiger partial charge in [0, 0.05) is 6.04 Å². The fourth-order valence-electron chi connectivity index (χ4n) is 4.78. The van der Waals surface area contributed by atoms with Crippen molar-refractivity contribution in [2.75, 3.05) is 6.54 Å². The fraction of sp³-hybridized carbons (Fsp3) is 1.00.